The Bertz CT molecular complexity index is 325. The smallest absolute Gasteiger partial charge is 0.334 e. The SMILES string of the molecule is CC(C(=O)NC(C)(C)C)N1CCOC(C(=O)O)C1. The maximum atomic E-state index is 12.0. The number of nitrogens with zero attached hydrogens (tertiary/aromatic N) is 1. The van der Waals surface area contributed by atoms with Gasteiger partial charge in [-0.15, -0.1) is 0 Å². The molecule has 6 nitrogen and oxygen atoms in total. The van der Waals surface area contributed by atoms with E-state index in [1.807, 2.05) is 25.7 Å². The van der Waals surface area contributed by atoms with Crippen molar-refractivity contribution in [2.75, 3.05) is 19.7 Å². The van der Waals surface area contributed by atoms with Crippen LogP contribution in [0.2, 0.25) is 0 Å². The number of carboxylic acids is 1. The van der Waals surface area contributed by atoms with Gasteiger partial charge in [0.25, 0.3) is 0 Å². The molecule has 0 spiro atoms. The molecule has 1 saturated heterocycles. The third-order valence-corrected chi connectivity index (χ3v) is 2.80. The van der Waals surface area contributed by atoms with Gasteiger partial charge in [0.15, 0.2) is 6.10 Å². The highest BCUT2D eigenvalue weighted by Gasteiger charge is 2.32. The first-order valence-corrected chi connectivity index (χ1v) is 6.11. The van der Waals surface area contributed by atoms with Crippen LogP contribution in [0.15, 0.2) is 0 Å². The summed E-state index contributed by atoms with van der Waals surface area (Å²) in [7, 11) is 0. The Hall–Kier alpha value is -1.14. The van der Waals surface area contributed by atoms with Gasteiger partial charge >= 0.3 is 5.97 Å². The molecule has 1 fully saturated rings. The second-order valence-corrected chi connectivity index (χ2v) is 5.61. The maximum absolute atomic E-state index is 12.0. The molecule has 0 radical (unpaired) electrons. The first-order chi connectivity index (χ1) is 8.20. The van der Waals surface area contributed by atoms with E-state index in [0.29, 0.717) is 13.2 Å². The molecule has 0 aliphatic carbocycles. The van der Waals surface area contributed by atoms with Gasteiger partial charge < -0.3 is 15.2 Å². The lowest BCUT2D eigenvalue weighted by Crippen LogP contribution is -2.56. The van der Waals surface area contributed by atoms with Crippen LogP contribution in [0.1, 0.15) is 27.7 Å². The number of rotatable bonds is 3. The molecule has 104 valence electrons. The molecular weight excluding hydrogens is 236 g/mol. The summed E-state index contributed by atoms with van der Waals surface area (Å²) in [6.07, 6.45) is -0.844. The number of nitrogens with one attached hydrogen (secondary N) is 1. The standard InChI is InChI=1S/C12H22N2O4/c1-8(10(15)13-12(2,3)4)14-5-6-18-9(7-14)11(16)17/h8-9H,5-7H2,1-4H3,(H,13,15)(H,16,17). The summed E-state index contributed by atoms with van der Waals surface area (Å²) in [5.41, 5.74) is -0.288. The largest absolute Gasteiger partial charge is 0.479 e. The van der Waals surface area contributed by atoms with E-state index < -0.39 is 12.1 Å². The lowest BCUT2D eigenvalue weighted by Gasteiger charge is -2.35. The summed E-state index contributed by atoms with van der Waals surface area (Å²) in [5.74, 6) is -1.07. The first-order valence-electron chi connectivity index (χ1n) is 6.11. The predicted octanol–water partition coefficient (Wildman–Crippen LogP) is 0.0750. The number of amides is 1. The first kappa shape index (κ1) is 14.9. The van der Waals surface area contributed by atoms with Crippen LogP contribution in [0.25, 0.3) is 0 Å². The van der Waals surface area contributed by atoms with Gasteiger partial charge in [0.1, 0.15) is 0 Å². The predicted molar refractivity (Wildman–Crippen MR) is 66.3 cm³/mol. The minimum atomic E-state index is -0.983. The summed E-state index contributed by atoms with van der Waals surface area (Å²) in [5, 5.41) is 11.8. The highest BCUT2D eigenvalue weighted by molar-refractivity contribution is 5.82. The number of hydrogen-bond acceptors (Lipinski definition) is 4. The minimum absolute atomic E-state index is 0.0893. The molecule has 1 aliphatic heterocycles. The molecule has 2 N–H and O–H groups in total. The van der Waals surface area contributed by atoms with Crippen LogP contribution in [0, 0.1) is 0 Å². The van der Waals surface area contributed by atoms with E-state index in [-0.39, 0.29) is 24.0 Å². The summed E-state index contributed by atoms with van der Waals surface area (Å²) < 4.78 is 5.13. The number of carboxylic acid groups (broad SMARTS) is 1. The number of carbonyl (C=O) groups excluding carboxylic acids is 1. The second-order valence-electron chi connectivity index (χ2n) is 5.61. The normalized spacial score (nSPS) is 23.4. The Morgan fingerprint density at radius 3 is 2.56 bits per heavy atom. The van der Waals surface area contributed by atoms with Gasteiger partial charge in [-0.3, -0.25) is 9.69 Å². The Morgan fingerprint density at radius 2 is 2.06 bits per heavy atom. The van der Waals surface area contributed by atoms with Gasteiger partial charge in [-0.2, -0.15) is 0 Å². The molecule has 2 atom stereocenters. The van der Waals surface area contributed by atoms with Crippen molar-refractivity contribution in [2.45, 2.75) is 45.4 Å². The fraction of sp³-hybridized carbons (Fsp3) is 0.833. The number of morpholine rings is 1. The van der Waals surface area contributed by atoms with Crippen molar-refractivity contribution in [3.63, 3.8) is 0 Å². The van der Waals surface area contributed by atoms with E-state index in [1.165, 1.54) is 0 Å². The van der Waals surface area contributed by atoms with E-state index in [1.54, 1.807) is 6.92 Å². The van der Waals surface area contributed by atoms with Crippen molar-refractivity contribution in [1.82, 2.24) is 10.2 Å². The zero-order valence-corrected chi connectivity index (χ0v) is 11.4. The lowest BCUT2D eigenvalue weighted by atomic mass is 10.1. The van der Waals surface area contributed by atoms with Gasteiger partial charge in [-0.1, -0.05) is 0 Å². The fourth-order valence-corrected chi connectivity index (χ4v) is 1.81. The molecule has 6 heteroatoms. The highest BCUT2D eigenvalue weighted by Crippen LogP contribution is 2.10. The van der Waals surface area contributed by atoms with Crippen LogP contribution in [-0.2, 0) is 14.3 Å². The lowest BCUT2D eigenvalue weighted by molar-refractivity contribution is -0.158. The van der Waals surface area contributed by atoms with Gasteiger partial charge in [-0.25, -0.2) is 4.79 Å². The van der Waals surface area contributed by atoms with Crippen molar-refractivity contribution in [2.24, 2.45) is 0 Å². The van der Waals surface area contributed by atoms with E-state index in [0.717, 1.165) is 0 Å². The number of hydrogen-bond donors (Lipinski definition) is 2. The molecule has 0 aromatic carbocycles. The van der Waals surface area contributed by atoms with Crippen molar-refractivity contribution in [1.29, 1.82) is 0 Å². The average Bonchev–Trinajstić information content (AvgIpc) is 2.26. The van der Waals surface area contributed by atoms with E-state index in [2.05, 4.69) is 5.32 Å². The summed E-state index contributed by atoms with van der Waals surface area (Å²) in [6.45, 7) is 8.68. The quantitative estimate of drug-likeness (QED) is 0.749. The Labute approximate surface area is 107 Å². The molecule has 0 aromatic rings. The zero-order valence-electron chi connectivity index (χ0n) is 11.4. The molecule has 0 bridgehead atoms. The molecule has 1 amide bonds. The molecule has 1 heterocycles. The van der Waals surface area contributed by atoms with Crippen LogP contribution in [0.4, 0.5) is 0 Å². The third kappa shape index (κ3) is 4.27. The van der Waals surface area contributed by atoms with Crippen molar-refractivity contribution >= 4 is 11.9 Å². The Balaban J connectivity index is 2.58. The zero-order chi connectivity index (χ0) is 13.9. The van der Waals surface area contributed by atoms with E-state index >= 15 is 0 Å². The summed E-state index contributed by atoms with van der Waals surface area (Å²) in [6, 6.07) is -0.352. The van der Waals surface area contributed by atoms with Crippen LogP contribution in [0.3, 0.4) is 0 Å². The second kappa shape index (κ2) is 5.67. The van der Waals surface area contributed by atoms with Crippen LogP contribution in [-0.4, -0.2) is 59.3 Å². The molecule has 1 aliphatic rings. The molecule has 18 heavy (non-hydrogen) atoms. The topological polar surface area (TPSA) is 78.9 Å². The van der Waals surface area contributed by atoms with Crippen LogP contribution in [0.5, 0.6) is 0 Å². The average molecular weight is 258 g/mol. The number of carbonyl (C=O) groups is 2. The fourth-order valence-electron chi connectivity index (χ4n) is 1.81. The van der Waals surface area contributed by atoms with Crippen LogP contribution >= 0.6 is 0 Å². The molecular formula is C12H22N2O4. The number of aliphatic carboxylic acids is 1. The van der Waals surface area contributed by atoms with Crippen molar-refractivity contribution in [3.8, 4) is 0 Å². The van der Waals surface area contributed by atoms with Gasteiger partial charge in [0.2, 0.25) is 5.91 Å². The van der Waals surface area contributed by atoms with E-state index in [4.69, 9.17) is 9.84 Å². The van der Waals surface area contributed by atoms with Crippen molar-refractivity contribution in [3.05, 3.63) is 0 Å². The Morgan fingerprint density at radius 1 is 1.44 bits per heavy atom. The molecule has 1 rings (SSSR count). The minimum Gasteiger partial charge on any atom is -0.479 e. The van der Waals surface area contributed by atoms with Crippen LogP contribution < -0.4 is 5.32 Å². The van der Waals surface area contributed by atoms with Gasteiger partial charge in [0, 0.05) is 18.6 Å². The summed E-state index contributed by atoms with van der Waals surface area (Å²) in [4.78, 5) is 24.7. The highest BCUT2D eigenvalue weighted by atomic mass is 16.5. The summed E-state index contributed by atoms with van der Waals surface area (Å²) >= 11 is 0. The molecule has 2 unspecified atom stereocenters. The van der Waals surface area contributed by atoms with Crippen molar-refractivity contribution < 1.29 is 19.4 Å². The maximum Gasteiger partial charge on any atom is 0.334 e. The molecule has 0 saturated carbocycles. The number of ether oxygens (including phenoxy) is 1. The Kier molecular flexibility index (Phi) is 4.70. The monoisotopic (exact) mass is 258 g/mol. The molecule has 0 aromatic heterocycles. The third-order valence-electron chi connectivity index (χ3n) is 2.80. The van der Waals surface area contributed by atoms with Gasteiger partial charge in [-0.05, 0) is 27.7 Å². The van der Waals surface area contributed by atoms with E-state index in [9.17, 15) is 9.59 Å². The van der Waals surface area contributed by atoms with Gasteiger partial charge in [0.05, 0.1) is 12.6 Å².